The van der Waals surface area contributed by atoms with Crippen LogP contribution in [0.25, 0.3) is 6.08 Å². The summed E-state index contributed by atoms with van der Waals surface area (Å²) in [5.41, 5.74) is 1.07. The quantitative estimate of drug-likeness (QED) is 0.629. The van der Waals surface area contributed by atoms with Crippen LogP contribution in [-0.4, -0.2) is 30.6 Å². The SMILES string of the molecule is CC(=N)C/C(C=[N+](C)C)=C/c1c(F)cccc1F. The van der Waals surface area contributed by atoms with Crippen LogP contribution >= 0.6 is 0 Å². The summed E-state index contributed by atoms with van der Waals surface area (Å²) in [4.78, 5) is 0. The summed E-state index contributed by atoms with van der Waals surface area (Å²) in [6.07, 6.45) is 3.57. The fourth-order valence-electron chi connectivity index (χ4n) is 1.61. The number of benzene rings is 1. The lowest BCUT2D eigenvalue weighted by Gasteiger charge is -2.02. The monoisotopic (exact) mass is 251 g/mol. The first-order chi connectivity index (χ1) is 8.40. The normalized spacial score (nSPS) is 11.3. The van der Waals surface area contributed by atoms with Crippen LogP contribution in [0.1, 0.15) is 18.9 Å². The van der Waals surface area contributed by atoms with Gasteiger partial charge < -0.3 is 5.41 Å². The second kappa shape index (κ2) is 6.19. The van der Waals surface area contributed by atoms with E-state index >= 15 is 0 Å². The highest BCUT2D eigenvalue weighted by Gasteiger charge is 2.08. The molecule has 1 rings (SSSR count). The molecule has 0 spiro atoms. The van der Waals surface area contributed by atoms with E-state index in [0.29, 0.717) is 17.7 Å². The van der Waals surface area contributed by atoms with Crippen molar-refractivity contribution in [2.24, 2.45) is 0 Å². The summed E-state index contributed by atoms with van der Waals surface area (Å²) in [7, 11) is 3.65. The van der Waals surface area contributed by atoms with E-state index in [0.717, 1.165) is 0 Å². The van der Waals surface area contributed by atoms with Crippen molar-refractivity contribution in [1.29, 1.82) is 5.41 Å². The molecule has 0 heterocycles. The van der Waals surface area contributed by atoms with E-state index < -0.39 is 11.6 Å². The highest BCUT2D eigenvalue weighted by molar-refractivity contribution is 5.93. The Morgan fingerprint density at radius 2 is 1.83 bits per heavy atom. The Morgan fingerprint density at radius 1 is 1.28 bits per heavy atom. The van der Waals surface area contributed by atoms with E-state index in [2.05, 4.69) is 0 Å². The molecule has 0 saturated carbocycles. The zero-order valence-electron chi connectivity index (χ0n) is 10.8. The fraction of sp³-hybridized carbons (Fsp3) is 0.286. The highest BCUT2D eigenvalue weighted by Crippen LogP contribution is 2.16. The molecule has 0 unspecified atom stereocenters. The van der Waals surface area contributed by atoms with E-state index in [9.17, 15) is 8.78 Å². The van der Waals surface area contributed by atoms with E-state index in [4.69, 9.17) is 5.41 Å². The third-order valence-electron chi connectivity index (χ3n) is 2.22. The molecule has 96 valence electrons. The minimum absolute atomic E-state index is 0.0631. The number of hydrogen-bond donors (Lipinski definition) is 1. The number of rotatable bonds is 4. The zero-order valence-corrected chi connectivity index (χ0v) is 10.8. The van der Waals surface area contributed by atoms with Crippen LogP contribution in [0, 0.1) is 17.0 Å². The Hall–Kier alpha value is -1.84. The molecule has 0 aliphatic heterocycles. The van der Waals surface area contributed by atoms with Crippen molar-refractivity contribution in [3.05, 3.63) is 41.0 Å². The molecule has 0 aliphatic rings. The van der Waals surface area contributed by atoms with Gasteiger partial charge in [-0.1, -0.05) is 6.07 Å². The van der Waals surface area contributed by atoms with Crippen LogP contribution in [0.15, 0.2) is 23.8 Å². The maximum Gasteiger partial charge on any atom is 0.166 e. The van der Waals surface area contributed by atoms with Crippen molar-refractivity contribution in [1.82, 2.24) is 0 Å². The maximum absolute atomic E-state index is 13.5. The first kappa shape index (κ1) is 14.2. The van der Waals surface area contributed by atoms with Crippen molar-refractivity contribution < 1.29 is 13.4 Å². The Bertz CT molecular complexity index is 492. The first-order valence-electron chi connectivity index (χ1n) is 5.60. The van der Waals surface area contributed by atoms with E-state index in [-0.39, 0.29) is 5.56 Å². The van der Waals surface area contributed by atoms with E-state index in [1.54, 1.807) is 17.7 Å². The van der Waals surface area contributed by atoms with Gasteiger partial charge in [-0.25, -0.2) is 13.4 Å². The second-order valence-corrected chi connectivity index (χ2v) is 4.40. The van der Waals surface area contributed by atoms with Crippen molar-refractivity contribution in [2.45, 2.75) is 13.3 Å². The van der Waals surface area contributed by atoms with E-state index in [1.807, 2.05) is 14.1 Å². The molecule has 0 saturated heterocycles. The maximum atomic E-state index is 13.5. The summed E-state index contributed by atoms with van der Waals surface area (Å²) in [5.74, 6) is -1.19. The molecule has 0 fully saturated rings. The topological polar surface area (TPSA) is 26.9 Å². The molecule has 0 amide bonds. The largest absolute Gasteiger partial charge is 0.310 e. The summed E-state index contributed by atoms with van der Waals surface area (Å²) < 4.78 is 28.8. The number of hydrogen-bond acceptors (Lipinski definition) is 1. The smallest absolute Gasteiger partial charge is 0.166 e. The Labute approximate surface area is 106 Å². The lowest BCUT2D eigenvalue weighted by atomic mass is 10.1. The standard InChI is InChI=1S/C14H17F2N2/c1-10(17)7-11(9-18(2)3)8-12-13(15)5-4-6-14(12)16/h4-6,8-9,17H,7H2,1-3H3/q+1/b11-8-,17-10?. The van der Waals surface area contributed by atoms with Gasteiger partial charge in [0, 0.05) is 23.3 Å². The molecular weight excluding hydrogens is 234 g/mol. The Kier molecular flexibility index (Phi) is 4.89. The average molecular weight is 251 g/mol. The van der Waals surface area contributed by atoms with Crippen LogP contribution in [-0.2, 0) is 0 Å². The number of halogens is 2. The molecule has 4 heteroatoms. The van der Waals surface area contributed by atoms with Gasteiger partial charge in [-0.05, 0) is 25.1 Å². The van der Waals surface area contributed by atoms with E-state index in [1.165, 1.54) is 24.3 Å². The molecule has 2 nitrogen and oxygen atoms in total. The molecule has 0 radical (unpaired) electrons. The number of allylic oxidation sites excluding steroid dienone is 1. The molecule has 1 aromatic rings. The molecule has 0 aliphatic carbocycles. The van der Waals surface area contributed by atoms with Gasteiger partial charge in [-0.2, -0.15) is 0 Å². The summed E-state index contributed by atoms with van der Waals surface area (Å²) in [5, 5.41) is 7.48. The second-order valence-electron chi connectivity index (χ2n) is 4.40. The molecule has 1 N–H and O–H groups in total. The lowest BCUT2D eigenvalue weighted by Crippen LogP contribution is -2.04. The first-order valence-corrected chi connectivity index (χ1v) is 5.60. The van der Waals surface area contributed by atoms with Crippen molar-refractivity contribution in [2.75, 3.05) is 14.1 Å². The predicted molar refractivity (Wildman–Crippen MR) is 70.5 cm³/mol. The Morgan fingerprint density at radius 3 is 2.28 bits per heavy atom. The third kappa shape index (κ3) is 4.20. The fourth-order valence-corrected chi connectivity index (χ4v) is 1.61. The summed E-state index contributed by atoms with van der Waals surface area (Å²) in [6, 6.07) is 3.78. The van der Waals surface area contributed by atoms with Crippen LogP contribution in [0.2, 0.25) is 0 Å². The van der Waals surface area contributed by atoms with Gasteiger partial charge in [0.05, 0.1) is 0 Å². The highest BCUT2D eigenvalue weighted by atomic mass is 19.1. The van der Waals surface area contributed by atoms with Gasteiger partial charge in [0.2, 0.25) is 0 Å². The molecule has 18 heavy (non-hydrogen) atoms. The van der Waals surface area contributed by atoms with Gasteiger partial charge in [0.25, 0.3) is 0 Å². The minimum Gasteiger partial charge on any atom is -0.310 e. The predicted octanol–water partition coefficient (Wildman–Crippen LogP) is 3.12. The third-order valence-corrected chi connectivity index (χ3v) is 2.22. The molecule has 0 aromatic heterocycles. The van der Waals surface area contributed by atoms with Gasteiger partial charge in [0.1, 0.15) is 25.7 Å². The van der Waals surface area contributed by atoms with Gasteiger partial charge in [0.15, 0.2) is 6.21 Å². The lowest BCUT2D eigenvalue weighted by molar-refractivity contribution is -0.459. The summed E-state index contributed by atoms with van der Waals surface area (Å²) in [6.45, 7) is 1.66. The minimum atomic E-state index is -0.595. The number of nitrogens with one attached hydrogen (secondary N) is 1. The van der Waals surface area contributed by atoms with Gasteiger partial charge >= 0.3 is 0 Å². The zero-order chi connectivity index (χ0) is 13.7. The van der Waals surface area contributed by atoms with Crippen LogP contribution in [0.3, 0.4) is 0 Å². The Balaban J connectivity index is 3.23. The van der Waals surface area contributed by atoms with Crippen molar-refractivity contribution >= 4 is 18.0 Å². The van der Waals surface area contributed by atoms with Crippen molar-refractivity contribution in [3.63, 3.8) is 0 Å². The molecular formula is C14H17F2N2+. The average Bonchev–Trinajstić information content (AvgIpc) is 2.21. The van der Waals surface area contributed by atoms with Crippen LogP contribution in [0.5, 0.6) is 0 Å². The van der Waals surface area contributed by atoms with Crippen LogP contribution in [0.4, 0.5) is 8.78 Å². The van der Waals surface area contributed by atoms with Gasteiger partial charge in [-0.15, -0.1) is 0 Å². The molecule has 0 atom stereocenters. The molecule has 1 aromatic carbocycles. The van der Waals surface area contributed by atoms with Gasteiger partial charge in [-0.3, -0.25) is 0 Å². The molecule has 0 bridgehead atoms. The van der Waals surface area contributed by atoms with Crippen LogP contribution < -0.4 is 0 Å². The number of nitrogens with zero attached hydrogens (tertiary/aromatic N) is 1. The van der Waals surface area contributed by atoms with Crippen molar-refractivity contribution in [3.8, 4) is 0 Å². The summed E-state index contributed by atoms with van der Waals surface area (Å²) >= 11 is 0.